The molecule has 2 saturated heterocycles. The minimum Gasteiger partial charge on any atom is -0.389 e. The fraction of sp³-hybridized carbons (Fsp3) is 0.667. The number of aryl methyl sites for hydroxylation is 1. The lowest BCUT2D eigenvalue weighted by Gasteiger charge is -2.27. The Morgan fingerprint density at radius 3 is 2.38 bits per heavy atom. The monoisotopic (exact) mass is 361 g/mol. The zero-order valence-electron chi connectivity index (χ0n) is 15.5. The summed E-state index contributed by atoms with van der Waals surface area (Å²) in [7, 11) is 0. The number of carbonyl (C=O) groups is 2. The second kappa shape index (κ2) is 7.99. The number of hydrogen-bond acceptors (Lipinski definition) is 6. The Balaban J connectivity index is 1.73. The molecule has 0 bridgehead atoms. The summed E-state index contributed by atoms with van der Waals surface area (Å²) >= 11 is 0. The molecule has 1 atom stereocenters. The van der Waals surface area contributed by atoms with Crippen LogP contribution in [-0.4, -0.2) is 82.1 Å². The van der Waals surface area contributed by atoms with Crippen LogP contribution < -0.4 is 4.90 Å². The van der Waals surface area contributed by atoms with Crippen molar-refractivity contribution in [3.8, 4) is 0 Å². The number of carbonyl (C=O) groups excluding carboxylic acids is 2. The van der Waals surface area contributed by atoms with Gasteiger partial charge in [-0.05, 0) is 26.2 Å². The third-order valence-corrected chi connectivity index (χ3v) is 5.07. The van der Waals surface area contributed by atoms with Crippen LogP contribution in [0.5, 0.6) is 0 Å². The Bertz CT molecular complexity index is 675. The molecular formula is C18H27N5O3. The van der Waals surface area contributed by atoms with Crippen molar-refractivity contribution >= 4 is 17.8 Å². The van der Waals surface area contributed by atoms with Crippen molar-refractivity contribution < 1.29 is 14.7 Å². The molecule has 8 heteroatoms. The summed E-state index contributed by atoms with van der Waals surface area (Å²) in [5.74, 6) is 0.387. The van der Waals surface area contributed by atoms with Crippen molar-refractivity contribution in [3.05, 3.63) is 17.5 Å². The first kappa shape index (κ1) is 18.6. The van der Waals surface area contributed by atoms with Crippen LogP contribution in [0.25, 0.3) is 0 Å². The third kappa shape index (κ3) is 4.12. The lowest BCUT2D eigenvalue weighted by atomic mass is 10.1. The largest absolute Gasteiger partial charge is 0.389 e. The van der Waals surface area contributed by atoms with Gasteiger partial charge in [0.05, 0.1) is 17.4 Å². The first-order valence-corrected chi connectivity index (χ1v) is 9.27. The normalized spacial score (nSPS) is 21.5. The van der Waals surface area contributed by atoms with E-state index in [2.05, 4.69) is 14.9 Å². The highest BCUT2D eigenvalue weighted by molar-refractivity contribution is 5.95. The zero-order valence-corrected chi connectivity index (χ0v) is 15.5. The summed E-state index contributed by atoms with van der Waals surface area (Å²) in [6.07, 6.45) is 4.36. The third-order valence-electron chi connectivity index (χ3n) is 5.07. The maximum atomic E-state index is 12.9. The van der Waals surface area contributed by atoms with Gasteiger partial charge in [0.25, 0.3) is 5.91 Å². The van der Waals surface area contributed by atoms with Crippen LogP contribution in [0.2, 0.25) is 0 Å². The van der Waals surface area contributed by atoms with Gasteiger partial charge in [0, 0.05) is 52.4 Å². The molecule has 0 aromatic carbocycles. The van der Waals surface area contributed by atoms with Crippen LogP contribution >= 0.6 is 0 Å². The quantitative estimate of drug-likeness (QED) is 0.822. The number of aromatic nitrogens is 2. The minimum atomic E-state index is -0.751. The summed E-state index contributed by atoms with van der Waals surface area (Å²) < 4.78 is 0. The topological polar surface area (TPSA) is 89.9 Å². The van der Waals surface area contributed by atoms with Gasteiger partial charge >= 0.3 is 0 Å². The molecule has 1 unspecified atom stereocenters. The fourth-order valence-corrected chi connectivity index (χ4v) is 3.54. The number of amides is 2. The second-order valence-corrected chi connectivity index (χ2v) is 7.09. The molecular weight excluding hydrogens is 334 g/mol. The van der Waals surface area contributed by atoms with E-state index >= 15 is 0 Å². The lowest BCUT2D eigenvalue weighted by Crippen LogP contribution is -2.38. The van der Waals surface area contributed by atoms with Gasteiger partial charge in [-0.15, -0.1) is 0 Å². The van der Waals surface area contributed by atoms with Crippen molar-refractivity contribution in [3.63, 3.8) is 0 Å². The number of aliphatic hydroxyl groups excluding tert-OH is 1. The van der Waals surface area contributed by atoms with Crippen LogP contribution in [0.4, 0.5) is 5.95 Å². The predicted octanol–water partition coefficient (Wildman–Crippen LogP) is 0.441. The van der Waals surface area contributed by atoms with Gasteiger partial charge in [-0.1, -0.05) is 0 Å². The Kier molecular flexibility index (Phi) is 5.70. The molecule has 2 amide bonds. The molecule has 1 N–H and O–H groups in total. The molecule has 2 aliphatic heterocycles. The number of hydrogen-bond donors (Lipinski definition) is 1. The summed E-state index contributed by atoms with van der Waals surface area (Å²) in [4.78, 5) is 38.7. The van der Waals surface area contributed by atoms with Crippen LogP contribution in [-0.2, 0) is 4.79 Å². The van der Waals surface area contributed by atoms with E-state index in [1.807, 2.05) is 6.92 Å². The maximum Gasteiger partial charge on any atom is 0.257 e. The highest BCUT2D eigenvalue weighted by Gasteiger charge is 2.27. The summed E-state index contributed by atoms with van der Waals surface area (Å²) in [6.45, 7) is 6.46. The smallest absolute Gasteiger partial charge is 0.257 e. The Labute approximate surface area is 153 Å². The van der Waals surface area contributed by atoms with E-state index < -0.39 is 6.10 Å². The fourth-order valence-electron chi connectivity index (χ4n) is 3.54. The van der Waals surface area contributed by atoms with Gasteiger partial charge in [-0.3, -0.25) is 9.59 Å². The number of rotatable bonds is 2. The zero-order chi connectivity index (χ0) is 18.7. The van der Waals surface area contributed by atoms with Crippen molar-refractivity contribution in [2.24, 2.45) is 0 Å². The number of β-amino-alcohol motifs (C(OH)–C–C–N with tert-alkyl or cyclic N) is 1. The first-order chi connectivity index (χ1) is 12.5. The average Bonchev–Trinajstić information content (AvgIpc) is 2.83. The molecule has 1 aromatic rings. The van der Waals surface area contributed by atoms with Crippen molar-refractivity contribution in [2.45, 2.75) is 39.2 Å². The Morgan fingerprint density at radius 1 is 1.08 bits per heavy atom. The molecule has 0 spiro atoms. The molecule has 3 heterocycles. The first-order valence-electron chi connectivity index (χ1n) is 9.27. The number of piperidine rings is 1. The molecule has 1 aromatic heterocycles. The van der Waals surface area contributed by atoms with Gasteiger partial charge in [0.15, 0.2) is 0 Å². The van der Waals surface area contributed by atoms with Gasteiger partial charge < -0.3 is 19.8 Å². The van der Waals surface area contributed by atoms with Gasteiger partial charge in [0.1, 0.15) is 0 Å². The van der Waals surface area contributed by atoms with E-state index in [-0.39, 0.29) is 24.9 Å². The van der Waals surface area contributed by atoms with E-state index in [1.54, 1.807) is 16.0 Å². The minimum absolute atomic E-state index is 0.0938. The van der Waals surface area contributed by atoms with E-state index in [1.165, 1.54) is 13.3 Å². The SMILES string of the molecule is CC(=O)N1CCN(C(=O)c2cnc(N3CCCCC3)nc2C)CC(O)C1. The lowest BCUT2D eigenvalue weighted by molar-refractivity contribution is -0.129. The Morgan fingerprint density at radius 2 is 1.73 bits per heavy atom. The highest BCUT2D eigenvalue weighted by atomic mass is 16.3. The van der Waals surface area contributed by atoms with Gasteiger partial charge in [0.2, 0.25) is 11.9 Å². The number of nitrogens with zero attached hydrogens (tertiary/aromatic N) is 5. The summed E-state index contributed by atoms with van der Waals surface area (Å²) in [5, 5.41) is 10.1. The standard InChI is InChI=1S/C18H27N5O3/c1-13-16(10-19-18(20-13)21-6-4-3-5-7-21)17(26)23-9-8-22(14(2)24)11-15(25)12-23/h10,15,25H,3-9,11-12H2,1-2H3. The molecule has 0 saturated carbocycles. The average molecular weight is 361 g/mol. The van der Waals surface area contributed by atoms with Crippen LogP contribution in [0.3, 0.4) is 0 Å². The van der Waals surface area contributed by atoms with E-state index in [0.29, 0.717) is 30.3 Å². The molecule has 2 fully saturated rings. The van der Waals surface area contributed by atoms with Crippen LogP contribution in [0, 0.1) is 6.92 Å². The molecule has 8 nitrogen and oxygen atoms in total. The summed E-state index contributed by atoms with van der Waals surface area (Å²) in [6, 6.07) is 0. The van der Waals surface area contributed by atoms with Crippen molar-refractivity contribution in [2.75, 3.05) is 44.2 Å². The molecule has 3 rings (SSSR count). The number of anilines is 1. The Hall–Kier alpha value is -2.22. The van der Waals surface area contributed by atoms with E-state index in [0.717, 1.165) is 25.9 Å². The van der Waals surface area contributed by atoms with Crippen molar-refractivity contribution in [1.82, 2.24) is 19.8 Å². The van der Waals surface area contributed by atoms with Gasteiger partial charge in [-0.2, -0.15) is 0 Å². The molecule has 26 heavy (non-hydrogen) atoms. The van der Waals surface area contributed by atoms with Crippen molar-refractivity contribution in [1.29, 1.82) is 0 Å². The van der Waals surface area contributed by atoms with E-state index in [4.69, 9.17) is 0 Å². The van der Waals surface area contributed by atoms with Gasteiger partial charge in [-0.25, -0.2) is 9.97 Å². The molecule has 142 valence electrons. The number of aliphatic hydroxyl groups is 1. The highest BCUT2D eigenvalue weighted by Crippen LogP contribution is 2.18. The van der Waals surface area contributed by atoms with E-state index in [9.17, 15) is 14.7 Å². The maximum absolute atomic E-state index is 12.9. The molecule has 0 radical (unpaired) electrons. The molecule has 2 aliphatic rings. The molecule has 0 aliphatic carbocycles. The summed E-state index contributed by atoms with van der Waals surface area (Å²) in [5.41, 5.74) is 1.10. The van der Waals surface area contributed by atoms with Crippen LogP contribution in [0.1, 0.15) is 42.2 Å². The van der Waals surface area contributed by atoms with Crippen LogP contribution in [0.15, 0.2) is 6.20 Å². The second-order valence-electron chi connectivity index (χ2n) is 7.09. The predicted molar refractivity (Wildman–Crippen MR) is 97.0 cm³/mol.